The van der Waals surface area contributed by atoms with E-state index in [0.717, 1.165) is 17.5 Å². The largest absolute Gasteiger partial charge is 0.389 e. The molecule has 16 heteroatoms. The lowest BCUT2D eigenvalue weighted by Crippen LogP contribution is -2.30. The van der Waals surface area contributed by atoms with Gasteiger partial charge in [-0.25, -0.2) is 32.3 Å². The zero-order valence-corrected chi connectivity index (χ0v) is 22.5. The number of carbonyl (C=O) groups excluding carboxylic acids is 2. The van der Waals surface area contributed by atoms with Crippen LogP contribution in [0.3, 0.4) is 0 Å². The van der Waals surface area contributed by atoms with Gasteiger partial charge in [-0.1, -0.05) is 0 Å². The van der Waals surface area contributed by atoms with Crippen molar-refractivity contribution in [2.45, 2.75) is 82.0 Å². The number of carbonyl (C=O) groups is 2. The molecule has 10 nitrogen and oxygen atoms in total. The minimum absolute atomic E-state index is 0.0473. The molecule has 0 spiro atoms. The smallest absolute Gasteiger partial charge is 0.363 e. The lowest BCUT2D eigenvalue weighted by Gasteiger charge is -2.31. The van der Waals surface area contributed by atoms with E-state index >= 15 is 0 Å². The molecule has 2 aliphatic rings. The summed E-state index contributed by atoms with van der Waals surface area (Å²) < 4.78 is 81.5. The highest BCUT2D eigenvalue weighted by atomic mass is 19.4. The summed E-state index contributed by atoms with van der Waals surface area (Å²) in [6, 6.07) is 1.12. The van der Waals surface area contributed by atoms with E-state index in [-0.39, 0.29) is 55.7 Å². The molecule has 3 N–H and O–H groups in total. The Balaban J connectivity index is 1.47. The monoisotopic (exact) mass is 600 g/mol. The molecular formula is C26H30F6N8O2. The lowest BCUT2D eigenvalue weighted by atomic mass is 9.77. The predicted octanol–water partition coefficient (Wildman–Crippen LogP) is 4.26. The topological polar surface area (TPSA) is 133 Å². The number of hydrogen-bond acceptors (Lipinski definition) is 6. The molecule has 3 heterocycles. The number of alkyl halides is 6. The molecule has 0 radical (unpaired) electrons. The number of rotatable bonds is 11. The van der Waals surface area contributed by atoms with Crippen molar-refractivity contribution in [1.29, 1.82) is 0 Å². The van der Waals surface area contributed by atoms with E-state index in [1.807, 2.05) is 0 Å². The highest BCUT2D eigenvalue weighted by Crippen LogP contribution is 2.45. The van der Waals surface area contributed by atoms with Crippen molar-refractivity contribution in [3.63, 3.8) is 0 Å². The van der Waals surface area contributed by atoms with Gasteiger partial charge >= 0.3 is 6.18 Å². The molecule has 2 aliphatic carbocycles. The van der Waals surface area contributed by atoms with Gasteiger partial charge in [0.2, 0.25) is 17.7 Å². The van der Waals surface area contributed by atoms with E-state index in [4.69, 9.17) is 5.73 Å². The van der Waals surface area contributed by atoms with Crippen LogP contribution in [0.1, 0.15) is 91.0 Å². The Morgan fingerprint density at radius 1 is 1.12 bits per heavy atom. The summed E-state index contributed by atoms with van der Waals surface area (Å²) in [6.45, 7) is -1.10. The molecule has 2 saturated carbocycles. The van der Waals surface area contributed by atoms with Gasteiger partial charge in [-0.2, -0.15) is 23.4 Å². The van der Waals surface area contributed by atoms with Crippen LogP contribution in [0.15, 0.2) is 18.5 Å². The Kier molecular flexibility index (Phi) is 8.16. The fraction of sp³-hybridized carbons (Fsp3) is 0.615. The number of amides is 2. The minimum Gasteiger partial charge on any atom is -0.363 e. The lowest BCUT2D eigenvalue weighted by molar-refractivity contribution is -0.144. The summed E-state index contributed by atoms with van der Waals surface area (Å²) >= 11 is 0. The number of halogens is 6. The van der Waals surface area contributed by atoms with Crippen LogP contribution in [0.5, 0.6) is 0 Å². The summed E-state index contributed by atoms with van der Waals surface area (Å²) in [5.41, 5.74) is 6.73. The molecule has 0 aromatic carbocycles. The van der Waals surface area contributed by atoms with Gasteiger partial charge in [0.15, 0.2) is 11.5 Å². The molecule has 2 fully saturated rings. The highest BCUT2D eigenvalue weighted by Gasteiger charge is 2.41. The molecule has 228 valence electrons. The third-order valence-electron chi connectivity index (χ3n) is 7.80. The van der Waals surface area contributed by atoms with E-state index in [9.17, 15) is 35.9 Å². The van der Waals surface area contributed by atoms with E-state index < -0.39 is 55.4 Å². The molecule has 3 aromatic rings. The molecule has 42 heavy (non-hydrogen) atoms. The van der Waals surface area contributed by atoms with Crippen LogP contribution in [-0.2, 0) is 11.3 Å². The quantitative estimate of drug-likeness (QED) is 0.316. The molecule has 0 bridgehead atoms. The van der Waals surface area contributed by atoms with Crippen LogP contribution < -0.4 is 11.1 Å². The fourth-order valence-electron chi connectivity index (χ4n) is 5.52. The van der Waals surface area contributed by atoms with Gasteiger partial charge in [0, 0.05) is 19.3 Å². The number of aromatic nitrogens is 6. The standard InChI is InChI=1S/C26H30F6N8O2/c27-9-10-39-24(22(33)42)37-23(38-39)20(14-3-6-25(28,29)7-4-14)17-13-40-18(35-17)11-16(12-34-40)21(15-1-2-15)36-19(41)5-8-26(30,31)32/h11-15,20-21H,1-10H2,(H2,33,42)(H,36,41)/t20-,21+/m0/s1. The van der Waals surface area contributed by atoms with Crippen LogP contribution in [0.25, 0.3) is 5.65 Å². The van der Waals surface area contributed by atoms with Gasteiger partial charge in [0.05, 0.1) is 43.0 Å². The van der Waals surface area contributed by atoms with Crippen molar-refractivity contribution in [3.8, 4) is 0 Å². The van der Waals surface area contributed by atoms with E-state index in [2.05, 4.69) is 25.5 Å². The minimum atomic E-state index is -4.45. The van der Waals surface area contributed by atoms with Crippen molar-refractivity contribution in [1.82, 2.24) is 34.7 Å². The highest BCUT2D eigenvalue weighted by molar-refractivity contribution is 5.89. The number of nitrogens with two attached hydrogens (primary N) is 1. The second kappa shape index (κ2) is 11.5. The Morgan fingerprint density at radius 2 is 1.83 bits per heavy atom. The Morgan fingerprint density at radius 3 is 2.45 bits per heavy atom. The zero-order chi connectivity index (χ0) is 30.2. The summed E-state index contributed by atoms with van der Waals surface area (Å²) in [7, 11) is 0. The first-order chi connectivity index (χ1) is 19.8. The number of nitrogens with zero attached hydrogens (tertiary/aromatic N) is 6. The maximum absolute atomic E-state index is 14.0. The number of imidazole rings is 1. The van der Waals surface area contributed by atoms with E-state index in [1.165, 1.54) is 10.7 Å². The van der Waals surface area contributed by atoms with E-state index in [0.29, 0.717) is 16.9 Å². The van der Waals surface area contributed by atoms with Crippen molar-refractivity contribution >= 4 is 17.5 Å². The molecule has 0 unspecified atom stereocenters. The number of aryl methyl sites for hydroxylation is 1. The summed E-state index contributed by atoms with van der Waals surface area (Å²) in [5.74, 6) is -5.66. The third-order valence-corrected chi connectivity index (χ3v) is 7.80. The second-order valence-corrected chi connectivity index (χ2v) is 11.0. The van der Waals surface area contributed by atoms with Crippen LogP contribution in [0.2, 0.25) is 0 Å². The van der Waals surface area contributed by atoms with Gasteiger partial charge in [-0.3, -0.25) is 9.59 Å². The first-order valence-electron chi connectivity index (χ1n) is 13.7. The molecular weight excluding hydrogens is 570 g/mol. The summed E-state index contributed by atoms with van der Waals surface area (Å²) in [5, 5.41) is 11.4. The Labute approximate surface area is 236 Å². The maximum atomic E-state index is 14.0. The summed E-state index contributed by atoms with van der Waals surface area (Å²) in [6.07, 6.45) is -2.14. The van der Waals surface area contributed by atoms with Crippen molar-refractivity contribution in [2.75, 3.05) is 6.67 Å². The van der Waals surface area contributed by atoms with Crippen molar-refractivity contribution < 1.29 is 35.9 Å². The van der Waals surface area contributed by atoms with Gasteiger partial charge in [0.25, 0.3) is 5.91 Å². The van der Waals surface area contributed by atoms with Crippen LogP contribution in [-0.4, -0.2) is 60.0 Å². The average Bonchev–Trinajstić information content (AvgIpc) is 3.54. The molecule has 5 rings (SSSR count). The SMILES string of the molecule is NC(=O)c1nc([C@H](c2cn3ncc([C@H](NC(=O)CCC(F)(F)F)C4CC4)cc3n2)C2CCC(F)(F)CC2)nn1CCF. The second-order valence-electron chi connectivity index (χ2n) is 11.0. The van der Waals surface area contributed by atoms with Gasteiger partial charge < -0.3 is 11.1 Å². The molecule has 0 aliphatic heterocycles. The average molecular weight is 601 g/mol. The third kappa shape index (κ3) is 6.84. The fourth-order valence-corrected chi connectivity index (χ4v) is 5.52. The predicted molar refractivity (Wildman–Crippen MR) is 135 cm³/mol. The first kappa shape index (κ1) is 29.8. The van der Waals surface area contributed by atoms with Crippen LogP contribution >= 0.6 is 0 Å². The van der Waals surface area contributed by atoms with E-state index in [1.54, 1.807) is 12.3 Å². The molecule has 3 aromatic heterocycles. The number of hydrogen-bond donors (Lipinski definition) is 2. The van der Waals surface area contributed by atoms with Crippen molar-refractivity contribution in [2.24, 2.45) is 17.6 Å². The van der Waals surface area contributed by atoms with Gasteiger partial charge in [-0.15, -0.1) is 0 Å². The number of fused-ring (bicyclic) bond motifs is 1. The molecule has 2 atom stereocenters. The molecule has 2 amide bonds. The number of nitrogens with one attached hydrogen (secondary N) is 1. The van der Waals surface area contributed by atoms with Gasteiger partial charge in [-0.05, 0) is 49.1 Å². The first-order valence-corrected chi connectivity index (χ1v) is 13.7. The summed E-state index contributed by atoms with van der Waals surface area (Å²) in [4.78, 5) is 33.2. The molecule has 0 saturated heterocycles. The normalized spacial score (nSPS) is 19.1. The van der Waals surface area contributed by atoms with Gasteiger partial charge in [0.1, 0.15) is 6.67 Å². The van der Waals surface area contributed by atoms with Crippen LogP contribution in [0.4, 0.5) is 26.3 Å². The van der Waals surface area contributed by atoms with Crippen molar-refractivity contribution in [3.05, 3.63) is 41.4 Å². The number of primary amides is 1. The maximum Gasteiger partial charge on any atom is 0.389 e. The Hall–Kier alpha value is -3.72. The van der Waals surface area contributed by atoms with Crippen LogP contribution in [0, 0.1) is 11.8 Å². The zero-order valence-electron chi connectivity index (χ0n) is 22.5. The Bertz CT molecular complexity index is 1440.